The molecule has 0 aliphatic rings. The van der Waals surface area contributed by atoms with Crippen LogP contribution in [0.15, 0.2) is 22.7 Å². The molecule has 0 unspecified atom stereocenters. The fourth-order valence-electron chi connectivity index (χ4n) is 1.94. The van der Waals surface area contributed by atoms with E-state index in [4.69, 9.17) is 16.0 Å². The van der Waals surface area contributed by atoms with Crippen molar-refractivity contribution in [2.45, 2.75) is 26.7 Å². The monoisotopic (exact) mass is 319 g/mol. The molecule has 0 atom stereocenters. The Balaban J connectivity index is 1.86. The lowest BCUT2D eigenvalue weighted by Crippen LogP contribution is -2.13. The summed E-state index contributed by atoms with van der Waals surface area (Å²) in [5, 5.41) is 7.27. The third kappa shape index (κ3) is 2.67. The van der Waals surface area contributed by atoms with E-state index in [-0.39, 0.29) is 17.6 Å². The number of carbonyl (C=O) groups excluding carboxylic acids is 1. The summed E-state index contributed by atoms with van der Waals surface area (Å²) in [7, 11) is 0. The van der Waals surface area contributed by atoms with Gasteiger partial charge >= 0.3 is 0 Å². The summed E-state index contributed by atoms with van der Waals surface area (Å²) in [5.74, 6) is 0.543. The van der Waals surface area contributed by atoms with E-state index in [9.17, 15) is 4.79 Å². The number of nitrogens with one attached hydrogen (secondary N) is 1. The number of nitrogens with zero attached hydrogens (tertiary/aromatic N) is 4. The van der Waals surface area contributed by atoms with Crippen molar-refractivity contribution in [2.24, 2.45) is 0 Å². The van der Waals surface area contributed by atoms with Crippen LogP contribution >= 0.6 is 11.6 Å². The first-order valence-corrected chi connectivity index (χ1v) is 7.12. The van der Waals surface area contributed by atoms with Crippen molar-refractivity contribution in [1.29, 1.82) is 0 Å². The molecule has 3 aromatic rings. The molecule has 1 amide bonds. The van der Waals surface area contributed by atoms with E-state index >= 15 is 0 Å². The Bertz CT molecular complexity index is 852. The summed E-state index contributed by atoms with van der Waals surface area (Å²) in [4.78, 5) is 20.7. The van der Waals surface area contributed by atoms with E-state index in [1.165, 1.54) is 4.52 Å². The Kier molecular flexibility index (Phi) is 3.58. The van der Waals surface area contributed by atoms with Gasteiger partial charge in [-0.1, -0.05) is 25.4 Å². The van der Waals surface area contributed by atoms with Crippen molar-refractivity contribution in [3.05, 3.63) is 40.7 Å². The van der Waals surface area contributed by atoms with Gasteiger partial charge in [-0.2, -0.15) is 4.98 Å². The zero-order valence-electron chi connectivity index (χ0n) is 12.3. The quantitative estimate of drug-likeness (QED) is 0.802. The number of carbonyl (C=O) groups is 1. The van der Waals surface area contributed by atoms with Crippen molar-refractivity contribution in [1.82, 2.24) is 19.6 Å². The first kappa shape index (κ1) is 14.5. The van der Waals surface area contributed by atoms with Crippen molar-refractivity contribution >= 4 is 29.1 Å². The Morgan fingerprint density at radius 2 is 2.14 bits per heavy atom. The Morgan fingerprint density at radius 3 is 2.82 bits per heavy atom. The third-order valence-electron chi connectivity index (χ3n) is 3.03. The molecule has 7 nitrogen and oxygen atoms in total. The average Bonchev–Trinajstić information content (AvgIpc) is 3.01. The predicted molar refractivity (Wildman–Crippen MR) is 81.3 cm³/mol. The summed E-state index contributed by atoms with van der Waals surface area (Å²) < 4.78 is 6.99. The number of hydrogen-bond donors (Lipinski definition) is 1. The van der Waals surface area contributed by atoms with Crippen LogP contribution in [-0.4, -0.2) is 25.5 Å². The van der Waals surface area contributed by atoms with Crippen LogP contribution in [0.1, 0.15) is 41.9 Å². The second kappa shape index (κ2) is 5.42. The minimum absolute atomic E-state index is 0.107. The molecule has 8 heteroatoms. The maximum atomic E-state index is 12.3. The molecule has 0 spiro atoms. The molecule has 0 saturated heterocycles. The number of amides is 1. The summed E-state index contributed by atoms with van der Waals surface area (Å²) >= 11 is 5.88. The van der Waals surface area contributed by atoms with E-state index in [0.29, 0.717) is 22.3 Å². The standard InChI is InChI=1S/C14H14ClN5O2/c1-7(2)13-16-8(3)11(22-13)12(21)18-14-17-10-5-4-9(15)6-20(10)19-14/h4-7H,1-3H3,(H,18,19,21). The minimum atomic E-state index is -0.432. The van der Waals surface area contributed by atoms with E-state index in [1.54, 1.807) is 25.3 Å². The minimum Gasteiger partial charge on any atom is -0.435 e. The second-order valence-electron chi connectivity index (χ2n) is 5.16. The SMILES string of the molecule is Cc1nc(C(C)C)oc1C(=O)Nc1nc2ccc(Cl)cn2n1. The zero-order chi connectivity index (χ0) is 15.9. The van der Waals surface area contributed by atoms with Gasteiger partial charge in [0.25, 0.3) is 5.91 Å². The van der Waals surface area contributed by atoms with Crippen molar-refractivity contribution in [3.63, 3.8) is 0 Å². The molecular formula is C14H14ClN5O2. The molecule has 0 aliphatic heterocycles. The number of aromatic nitrogens is 4. The predicted octanol–water partition coefficient (Wildman–Crippen LogP) is 3.05. The molecule has 3 heterocycles. The first-order chi connectivity index (χ1) is 10.4. The normalized spacial score (nSPS) is 11.3. The molecule has 1 N–H and O–H groups in total. The molecule has 3 aromatic heterocycles. The Morgan fingerprint density at radius 1 is 1.36 bits per heavy atom. The number of pyridine rings is 1. The second-order valence-corrected chi connectivity index (χ2v) is 5.60. The van der Waals surface area contributed by atoms with E-state index < -0.39 is 5.91 Å². The molecule has 0 aliphatic carbocycles. The number of oxazole rings is 1. The van der Waals surface area contributed by atoms with Gasteiger partial charge in [-0.25, -0.2) is 9.50 Å². The van der Waals surface area contributed by atoms with Crippen molar-refractivity contribution < 1.29 is 9.21 Å². The molecule has 22 heavy (non-hydrogen) atoms. The zero-order valence-corrected chi connectivity index (χ0v) is 13.0. The fraction of sp³-hybridized carbons (Fsp3) is 0.286. The van der Waals surface area contributed by atoms with Crippen molar-refractivity contribution in [3.8, 4) is 0 Å². The first-order valence-electron chi connectivity index (χ1n) is 6.74. The number of halogens is 1. The number of hydrogen-bond acceptors (Lipinski definition) is 5. The van der Waals surface area contributed by atoms with Crippen LogP contribution in [0.25, 0.3) is 5.65 Å². The molecule has 0 bridgehead atoms. The molecule has 0 fully saturated rings. The van der Waals surface area contributed by atoms with Gasteiger partial charge in [-0.15, -0.1) is 5.10 Å². The fourth-order valence-corrected chi connectivity index (χ4v) is 2.10. The maximum absolute atomic E-state index is 12.3. The Labute approximate surface area is 131 Å². The smallest absolute Gasteiger partial charge is 0.295 e. The van der Waals surface area contributed by atoms with Crippen LogP contribution in [0.2, 0.25) is 5.02 Å². The summed E-state index contributed by atoms with van der Waals surface area (Å²) in [6.07, 6.45) is 1.61. The highest BCUT2D eigenvalue weighted by atomic mass is 35.5. The van der Waals surface area contributed by atoms with Gasteiger partial charge in [0.2, 0.25) is 11.7 Å². The number of rotatable bonds is 3. The summed E-state index contributed by atoms with van der Waals surface area (Å²) in [6.45, 7) is 5.61. The lowest BCUT2D eigenvalue weighted by atomic mass is 10.2. The van der Waals surface area contributed by atoms with Crippen LogP contribution in [0.5, 0.6) is 0 Å². The molecular weight excluding hydrogens is 306 g/mol. The van der Waals surface area contributed by atoms with Gasteiger partial charge in [0.1, 0.15) is 0 Å². The Hall–Kier alpha value is -2.41. The van der Waals surface area contributed by atoms with Crippen LogP contribution in [0, 0.1) is 6.92 Å². The molecule has 0 aromatic carbocycles. The molecule has 0 radical (unpaired) electrons. The third-order valence-corrected chi connectivity index (χ3v) is 3.26. The van der Waals surface area contributed by atoms with E-state index in [1.807, 2.05) is 13.8 Å². The average molecular weight is 320 g/mol. The summed E-state index contributed by atoms with van der Waals surface area (Å²) in [6, 6.07) is 3.41. The largest absolute Gasteiger partial charge is 0.435 e. The van der Waals surface area contributed by atoms with E-state index in [0.717, 1.165) is 0 Å². The van der Waals surface area contributed by atoms with Crippen LogP contribution in [0.4, 0.5) is 5.95 Å². The highest BCUT2D eigenvalue weighted by Gasteiger charge is 2.20. The molecule has 3 rings (SSSR count). The lowest BCUT2D eigenvalue weighted by Gasteiger charge is -1.98. The number of aryl methyl sites for hydroxylation is 1. The number of anilines is 1. The van der Waals surface area contributed by atoms with Gasteiger partial charge in [0, 0.05) is 12.1 Å². The molecule has 0 saturated carbocycles. The van der Waals surface area contributed by atoms with Crippen LogP contribution in [0.3, 0.4) is 0 Å². The number of fused-ring (bicyclic) bond motifs is 1. The highest BCUT2D eigenvalue weighted by Crippen LogP contribution is 2.19. The van der Waals surface area contributed by atoms with Gasteiger partial charge in [-0.3, -0.25) is 10.1 Å². The van der Waals surface area contributed by atoms with Crippen LogP contribution < -0.4 is 5.32 Å². The van der Waals surface area contributed by atoms with Gasteiger partial charge < -0.3 is 4.42 Å². The van der Waals surface area contributed by atoms with Gasteiger partial charge in [0.05, 0.1) is 10.7 Å². The van der Waals surface area contributed by atoms with Gasteiger partial charge in [0.15, 0.2) is 11.5 Å². The lowest BCUT2D eigenvalue weighted by molar-refractivity contribution is 0.0993. The topological polar surface area (TPSA) is 85.3 Å². The highest BCUT2D eigenvalue weighted by molar-refractivity contribution is 6.30. The van der Waals surface area contributed by atoms with Crippen molar-refractivity contribution in [2.75, 3.05) is 5.32 Å². The molecule has 114 valence electrons. The van der Waals surface area contributed by atoms with Crippen LogP contribution in [-0.2, 0) is 0 Å². The van der Waals surface area contributed by atoms with E-state index in [2.05, 4.69) is 20.4 Å². The maximum Gasteiger partial charge on any atom is 0.295 e. The summed E-state index contributed by atoms with van der Waals surface area (Å²) in [5.41, 5.74) is 1.12. The van der Waals surface area contributed by atoms with Gasteiger partial charge in [-0.05, 0) is 19.1 Å².